The van der Waals surface area contributed by atoms with Crippen LogP contribution >= 0.6 is 23.2 Å². The lowest BCUT2D eigenvalue weighted by atomic mass is 10.4. The first-order chi connectivity index (χ1) is 4.73. The summed E-state index contributed by atoms with van der Waals surface area (Å²) in [5.74, 6) is 0. The summed E-state index contributed by atoms with van der Waals surface area (Å²) in [4.78, 5) is 8.98. The monoisotopic (exact) mass is 176 g/mol. The minimum Gasteiger partial charge on any atom is -0.262 e. The minimum atomic E-state index is -0.889. The molecule has 0 spiro atoms. The van der Waals surface area contributed by atoms with Crippen molar-refractivity contribution in [3.05, 3.63) is 36.4 Å². The molecule has 0 saturated heterocycles. The standard InChI is InChI=1S/C6H6.CCl2O/c1-2-4-6-5-3-1;2-1(3)4/h1-6H;. The zero-order valence-corrected chi connectivity index (χ0v) is 6.64. The molecule has 1 aromatic rings. The highest BCUT2D eigenvalue weighted by Crippen LogP contribution is 1.84. The third-order valence-electron chi connectivity index (χ3n) is 0.667. The Kier molecular flexibility index (Phi) is 6.24. The lowest BCUT2D eigenvalue weighted by Gasteiger charge is -1.69. The number of hydrogen-bond acceptors (Lipinski definition) is 1. The summed E-state index contributed by atoms with van der Waals surface area (Å²) in [5.41, 5.74) is 0. The van der Waals surface area contributed by atoms with Crippen LogP contribution < -0.4 is 0 Å². The number of carbonyl (C=O) groups excluding carboxylic acids is 1. The number of carbonyl (C=O) groups is 1. The fourth-order valence-corrected chi connectivity index (χ4v) is 0.385. The SMILES string of the molecule is O=C(Cl)Cl.c1ccccc1. The van der Waals surface area contributed by atoms with Crippen LogP contribution in [0, 0.1) is 0 Å². The Morgan fingerprint density at radius 2 is 0.900 bits per heavy atom. The van der Waals surface area contributed by atoms with Gasteiger partial charge in [-0.05, 0) is 23.2 Å². The van der Waals surface area contributed by atoms with E-state index in [0.29, 0.717) is 0 Å². The maximum absolute atomic E-state index is 8.98. The predicted octanol–water partition coefficient (Wildman–Crippen LogP) is 3.27. The van der Waals surface area contributed by atoms with Gasteiger partial charge in [0.15, 0.2) is 0 Å². The summed E-state index contributed by atoms with van der Waals surface area (Å²) in [7, 11) is 0. The number of halogens is 2. The molecule has 0 fully saturated rings. The van der Waals surface area contributed by atoms with E-state index in [4.69, 9.17) is 4.79 Å². The van der Waals surface area contributed by atoms with Gasteiger partial charge in [0.1, 0.15) is 0 Å². The van der Waals surface area contributed by atoms with E-state index >= 15 is 0 Å². The molecule has 0 bridgehead atoms. The quantitative estimate of drug-likeness (QED) is 0.555. The summed E-state index contributed by atoms with van der Waals surface area (Å²) in [6.07, 6.45) is 0. The summed E-state index contributed by atoms with van der Waals surface area (Å²) in [5, 5.41) is 0. The molecule has 1 aromatic carbocycles. The Morgan fingerprint density at radius 1 is 0.800 bits per heavy atom. The highest BCUT2D eigenvalue weighted by molar-refractivity contribution is 6.93. The lowest BCUT2D eigenvalue weighted by molar-refractivity contribution is 0.275. The van der Waals surface area contributed by atoms with Crippen molar-refractivity contribution in [2.24, 2.45) is 0 Å². The van der Waals surface area contributed by atoms with Gasteiger partial charge in [-0.2, -0.15) is 0 Å². The molecule has 1 rings (SSSR count). The van der Waals surface area contributed by atoms with Gasteiger partial charge in [-0.25, -0.2) is 0 Å². The summed E-state index contributed by atoms with van der Waals surface area (Å²) in [6.45, 7) is 0. The van der Waals surface area contributed by atoms with Crippen LogP contribution in [0.3, 0.4) is 0 Å². The van der Waals surface area contributed by atoms with Crippen molar-refractivity contribution in [1.82, 2.24) is 0 Å². The van der Waals surface area contributed by atoms with Crippen LogP contribution in [-0.4, -0.2) is 4.70 Å². The molecule has 54 valence electrons. The van der Waals surface area contributed by atoms with Gasteiger partial charge >= 0.3 is 4.70 Å². The first kappa shape index (κ1) is 9.47. The van der Waals surface area contributed by atoms with E-state index in [1.807, 2.05) is 36.4 Å². The van der Waals surface area contributed by atoms with Crippen LogP contribution in [0.4, 0.5) is 4.79 Å². The molecule has 0 aromatic heterocycles. The topological polar surface area (TPSA) is 17.1 Å². The second-order valence-corrected chi connectivity index (χ2v) is 2.26. The lowest BCUT2D eigenvalue weighted by Crippen LogP contribution is -1.47. The van der Waals surface area contributed by atoms with Crippen LogP contribution in [-0.2, 0) is 0 Å². The zero-order valence-electron chi connectivity index (χ0n) is 5.13. The fraction of sp³-hybridized carbons (Fsp3) is 0. The van der Waals surface area contributed by atoms with Crippen molar-refractivity contribution in [3.8, 4) is 0 Å². The van der Waals surface area contributed by atoms with Crippen molar-refractivity contribution >= 4 is 27.9 Å². The van der Waals surface area contributed by atoms with E-state index in [0.717, 1.165) is 0 Å². The molecule has 10 heavy (non-hydrogen) atoms. The Bertz CT molecular complexity index is 144. The van der Waals surface area contributed by atoms with E-state index < -0.39 is 4.70 Å². The van der Waals surface area contributed by atoms with Gasteiger partial charge in [0.2, 0.25) is 0 Å². The van der Waals surface area contributed by atoms with E-state index in [2.05, 4.69) is 23.2 Å². The summed E-state index contributed by atoms with van der Waals surface area (Å²) in [6, 6.07) is 12.0. The van der Waals surface area contributed by atoms with Gasteiger partial charge in [-0.3, -0.25) is 4.79 Å². The molecular weight excluding hydrogens is 171 g/mol. The first-order valence-electron chi connectivity index (χ1n) is 2.58. The van der Waals surface area contributed by atoms with Crippen molar-refractivity contribution in [2.75, 3.05) is 0 Å². The third-order valence-corrected chi connectivity index (χ3v) is 0.667. The Morgan fingerprint density at radius 3 is 1.00 bits per heavy atom. The van der Waals surface area contributed by atoms with Crippen LogP contribution in [0.5, 0.6) is 0 Å². The molecule has 0 atom stereocenters. The minimum absolute atomic E-state index is 0.889. The van der Waals surface area contributed by atoms with Crippen LogP contribution in [0.15, 0.2) is 36.4 Å². The van der Waals surface area contributed by atoms with Crippen molar-refractivity contribution < 1.29 is 4.79 Å². The maximum Gasteiger partial charge on any atom is 0.313 e. The van der Waals surface area contributed by atoms with Crippen LogP contribution in [0.25, 0.3) is 0 Å². The predicted molar refractivity (Wildman–Crippen MR) is 43.5 cm³/mol. The van der Waals surface area contributed by atoms with Crippen LogP contribution in [0.1, 0.15) is 0 Å². The molecule has 0 aliphatic rings. The highest BCUT2D eigenvalue weighted by atomic mass is 35.5. The largest absolute Gasteiger partial charge is 0.313 e. The smallest absolute Gasteiger partial charge is 0.262 e. The normalized spacial score (nSPS) is 7.40. The van der Waals surface area contributed by atoms with Gasteiger partial charge in [-0.1, -0.05) is 36.4 Å². The van der Waals surface area contributed by atoms with E-state index in [1.165, 1.54) is 0 Å². The molecule has 0 radical (unpaired) electrons. The second kappa shape index (κ2) is 6.59. The summed E-state index contributed by atoms with van der Waals surface area (Å²) < 4.78 is -0.889. The van der Waals surface area contributed by atoms with Gasteiger partial charge in [0.05, 0.1) is 0 Å². The maximum atomic E-state index is 8.98. The Labute approximate surface area is 69.6 Å². The molecule has 1 nitrogen and oxygen atoms in total. The van der Waals surface area contributed by atoms with Gasteiger partial charge in [-0.15, -0.1) is 0 Å². The molecule has 0 amide bonds. The van der Waals surface area contributed by atoms with Crippen molar-refractivity contribution in [2.45, 2.75) is 0 Å². The first-order valence-corrected chi connectivity index (χ1v) is 3.34. The Hall–Kier alpha value is -0.530. The molecule has 0 unspecified atom stereocenters. The highest BCUT2D eigenvalue weighted by Gasteiger charge is 1.72. The second-order valence-electron chi connectivity index (χ2n) is 1.38. The van der Waals surface area contributed by atoms with E-state index in [-0.39, 0.29) is 0 Å². The van der Waals surface area contributed by atoms with Gasteiger partial charge in [0.25, 0.3) is 0 Å². The summed E-state index contributed by atoms with van der Waals surface area (Å²) >= 11 is 8.80. The fourth-order valence-electron chi connectivity index (χ4n) is 0.385. The van der Waals surface area contributed by atoms with E-state index in [1.54, 1.807) is 0 Å². The Balaban J connectivity index is 0.000000180. The van der Waals surface area contributed by atoms with Crippen LogP contribution in [0.2, 0.25) is 0 Å². The molecule has 0 aliphatic carbocycles. The van der Waals surface area contributed by atoms with Crippen molar-refractivity contribution in [1.29, 1.82) is 0 Å². The third kappa shape index (κ3) is 10.5. The molecular formula is C7H6Cl2O. The molecule has 0 N–H and O–H groups in total. The zero-order chi connectivity index (χ0) is 7.82. The number of benzene rings is 1. The molecule has 3 heteroatoms. The average molecular weight is 177 g/mol. The van der Waals surface area contributed by atoms with E-state index in [9.17, 15) is 0 Å². The molecule has 0 saturated carbocycles. The van der Waals surface area contributed by atoms with Gasteiger partial charge < -0.3 is 0 Å². The number of rotatable bonds is 0. The van der Waals surface area contributed by atoms with Gasteiger partial charge in [0, 0.05) is 0 Å². The molecule has 0 heterocycles. The van der Waals surface area contributed by atoms with Crippen molar-refractivity contribution in [3.63, 3.8) is 0 Å². The number of hydrogen-bond donors (Lipinski definition) is 0. The average Bonchev–Trinajstić information content (AvgIpc) is 1.90. The molecule has 0 aliphatic heterocycles.